The van der Waals surface area contributed by atoms with E-state index in [-0.39, 0.29) is 0 Å². The van der Waals surface area contributed by atoms with Crippen LogP contribution in [0.4, 0.5) is 0 Å². The molecule has 1 saturated carbocycles. The minimum atomic E-state index is 0.677. The first-order valence-electron chi connectivity index (χ1n) is 6.67. The molecule has 3 unspecified atom stereocenters. The summed E-state index contributed by atoms with van der Waals surface area (Å²) in [6.07, 6.45) is 7.52. The van der Waals surface area contributed by atoms with E-state index in [0.29, 0.717) is 6.04 Å². The van der Waals surface area contributed by atoms with Gasteiger partial charge < -0.3 is 5.32 Å². The number of amidine groups is 1. The molecule has 1 N–H and O–H groups in total. The van der Waals surface area contributed by atoms with Gasteiger partial charge >= 0.3 is 0 Å². The van der Waals surface area contributed by atoms with E-state index in [0.717, 1.165) is 23.0 Å². The van der Waals surface area contributed by atoms with Gasteiger partial charge in [0.05, 0.1) is 6.54 Å². The van der Waals surface area contributed by atoms with Crippen LogP contribution >= 0.6 is 23.5 Å². The summed E-state index contributed by atoms with van der Waals surface area (Å²) in [5.41, 5.74) is 0. The van der Waals surface area contributed by atoms with E-state index in [1.54, 1.807) is 0 Å². The topological polar surface area (TPSA) is 24.4 Å². The highest BCUT2D eigenvalue weighted by atomic mass is 32.2. The lowest BCUT2D eigenvalue weighted by Gasteiger charge is -2.15. The Morgan fingerprint density at radius 1 is 1.47 bits per heavy atom. The summed E-state index contributed by atoms with van der Waals surface area (Å²) in [5, 5.41) is 6.44. The molecule has 2 aliphatic rings. The van der Waals surface area contributed by atoms with E-state index in [1.807, 2.05) is 23.5 Å². The van der Waals surface area contributed by atoms with Gasteiger partial charge in [-0.25, -0.2) is 0 Å². The molecule has 0 aromatic carbocycles. The van der Waals surface area contributed by atoms with Crippen LogP contribution in [0, 0.1) is 5.92 Å². The first-order chi connectivity index (χ1) is 8.17. The highest BCUT2D eigenvalue weighted by Gasteiger charge is 2.27. The lowest BCUT2D eigenvalue weighted by molar-refractivity contribution is 0.575. The third kappa shape index (κ3) is 4.09. The van der Waals surface area contributed by atoms with Crippen LogP contribution in [0.2, 0.25) is 0 Å². The second-order valence-electron chi connectivity index (χ2n) is 5.53. The van der Waals surface area contributed by atoms with Crippen LogP contribution in [-0.2, 0) is 0 Å². The minimum absolute atomic E-state index is 0.677. The van der Waals surface area contributed by atoms with E-state index in [2.05, 4.69) is 30.4 Å². The van der Waals surface area contributed by atoms with Crippen LogP contribution in [-0.4, -0.2) is 34.5 Å². The molecule has 0 bridgehead atoms. The monoisotopic (exact) mass is 272 g/mol. The number of thioether (sulfide) groups is 2. The molecule has 1 heterocycles. The van der Waals surface area contributed by atoms with E-state index in [1.165, 1.54) is 30.9 Å². The fourth-order valence-corrected chi connectivity index (χ4v) is 4.73. The van der Waals surface area contributed by atoms with Gasteiger partial charge in [0.2, 0.25) is 0 Å². The molecule has 17 heavy (non-hydrogen) atoms. The van der Waals surface area contributed by atoms with Crippen molar-refractivity contribution in [3.05, 3.63) is 0 Å². The summed E-state index contributed by atoms with van der Waals surface area (Å²) >= 11 is 3.98. The number of hydrogen-bond donors (Lipinski definition) is 1. The summed E-state index contributed by atoms with van der Waals surface area (Å²) in [5.74, 6) is 0.786. The van der Waals surface area contributed by atoms with Gasteiger partial charge in [-0.2, -0.15) is 11.8 Å². The Kier molecular flexibility index (Phi) is 5.10. The normalized spacial score (nSPS) is 33.2. The molecule has 2 nitrogen and oxygen atoms in total. The average Bonchev–Trinajstić information content (AvgIpc) is 2.88. The van der Waals surface area contributed by atoms with Crippen LogP contribution in [0.3, 0.4) is 0 Å². The third-order valence-electron chi connectivity index (χ3n) is 3.50. The van der Waals surface area contributed by atoms with Crippen LogP contribution in [0.15, 0.2) is 4.99 Å². The zero-order valence-corrected chi connectivity index (χ0v) is 12.7. The van der Waals surface area contributed by atoms with Gasteiger partial charge in [0.15, 0.2) is 5.17 Å². The molecule has 0 spiro atoms. The molecular formula is C13H24N2S2. The molecule has 1 fully saturated rings. The van der Waals surface area contributed by atoms with Gasteiger partial charge in [0, 0.05) is 16.5 Å². The molecule has 3 atom stereocenters. The van der Waals surface area contributed by atoms with Gasteiger partial charge in [-0.15, -0.1) is 0 Å². The predicted octanol–water partition coefficient (Wildman–Crippen LogP) is 3.38. The summed E-state index contributed by atoms with van der Waals surface area (Å²) in [7, 11) is 0. The summed E-state index contributed by atoms with van der Waals surface area (Å²) in [6, 6.07) is 0.677. The van der Waals surface area contributed by atoms with Crippen LogP contribution in [0.5, 0.6) is 0 Å². The van der Waals surface area contributed by atoms with E-state index in [9.17, 15) is 0 Å². The van der Waals surface area contributed by atoms with Crippen molar-refractivity contribution >= 4 is 28.7 Å². The molecular weight excluding hydrogens is 248 g/mol. The number of rotatable bonds is 4. The number of nitrogens with zero attached hydrogens (tertiary/aromatic N) is 1. The van der Waals surface area contributed by atoms with Gasteiger partial charge in [-0.3, -0.25) is 4.99 Å². The first kappa shape index (κ1) is 13.6. The Morgan fingerprint density at radius 3 is 2.94 bits per heavy atom. The Labute approximate surface area is 114 Å². The van der Waals surface area contributed by atoms with E-state index < -0.39 is 0 Å². The van der Waals surface area contributed by atoms with E-state index >= 15 is 0 Å². The number of nitrogens with one attached hydrogen (secondary N) is 1. The first-order valence-corrected chi connectivity index (χ1v) is 8.84. The highest BCUT2D eigenvalue weighted by Crippen LogP contribution is 2.30. The van der Waals surface area contributed by atoms with Crippen molar-refractivity contribution in [1.82, 2.24) is 5.32 Å². The molecule has 4 heteroatoms. The second kappa shape index (κ2) is 6.37. The Morgan fingerprint density at radius 2 is 2.29 bits per heavy atom. The van der Waals surface area contributed by atoms with Gasteiger partial charge in [0.1, 0.15) is 0 Å². The van der Waals surface area contributed by atoms with E-state index in [4.69, 9.17) is 0 Å². The van der Waals surface area contributed by atoms with Crippen molar-refractivity contribution in [2.24, 2.45) is 10.9 Å². The fourth-order valence-electron chi connectivity index (χ4n) is 2.61. The van der Waals surface area contributed by atoms with Crippen LogP contribution < -0.4 is 5.32 Å². The Balaban J connectivity index is 1.71. The second-order valence-corrected chi connectivity index (χ2v) is 7.95. The molecule has 1 aliphatic carbocycles. The van der Waals surface area contributed by atoms with Crippen molar-refractivity contribution in [3.63, 3.8) is 0 Å². The van der Waals surface area contributed by atoms with Gasteiger partial charge in [-0.05, 0) is 37.9 Å². The fraction of sp³-hybridized carbons (Fsp3) is 0.923. The van der Waals surface area contributed by atoms with Crippen molar-refractivity contribution in [3.8, 4) is 0 Å². The Hall–Kier alpha value is 0.170. The van der Waals surface area contributed by atoms with Gasteiger partial charge in [-0.1, -0.05) is 25.6 Å². The summed E-state index contributed by atoms with van der Waals surface area (Å²) in [4.78, 5) is 4.65. The zero-order chi connectivity index (χ0) is 12.3. The molecule has 2 rings (SSSR count). The molecule has 0 aromatic rings. The zero-order valence-electron chi connectivity index (χ0n) is 11.1. The summed E-state index contributed by atoms with van der Waals surface area (Å²) in [6.45, 7) is 5.61. The van der Waals surface area contributed by atoms with Gasteiger partial charge in [0.25, 0.3) is 0 Å². The lowest BCUT2D eigenvalue weighted by Crippen LogP contribution is -2.30. The highest BCUT2D eigenvalue weighted by molar-refractivity contribution is 8.14. The standard InChI is InChI=1S/C13H24N2S2/c1-9(2)6-12-8-14-13(17-12)15-10-4-5-11(7-10)16-3/h9-12H,4-8H2,1-3H3,(H,14,15). The maximum atomic E-state index is 4.65. The average molecular weight is 272 g/mol. The predicted molar refractivity (Wildman–Crippen MR) is 81.2 cm³/mol. The minimum Gasteiger partial charge on any atom is -0.362 e. The molecule has 0 radical (unpaired) electrons. The largest absolute Gasteiger partial charge is 0.362 e. The molecule has 0 amide bonds. The molecule has 98 valence electrons. The third-order valence-corrected chi connectivity index (χ3v) is 5.74. The summed E-state index contributed by atoms with van der Waals surface area (Å²) < 4.78 is 0. The number of aliphatic imine (C=N–C) groups is 1. The maximum absolute atomic E-state index is 4.65. The SMILES string of the molecule is CSC1CCC(NC2=NCC(CC(C)C)S2)C1. The van der Waals surface area contributed by atoms with Crippen molar-refractivity contribution in [2.75, 3.05) is 12.8 Å². The molecule has 0 saturated heterocycles. The number of hydrogen-bond acceptors (Lipinski definition) is 4. The maximum Gasteiger partial charge on any atom is 0.157 e. The van der Waals surface area contributed by atoms with Crippen molar-refractivity contribution in [1.29, 1.82) is 0 Å². The smallest absolute Gasteiger partial charge is 0.157 e. The quantitative estimate of drug-likeness (QED) is 0.849. The van der Waals surface area contributed by atoms with Crippen molar-refractivity contribution in [2.45, 2.75) is 56.1 Å². The van der Waals surface area contributed by atoms with Crippen molar-refractivity contribution < 1.29 is 0 Å². The lowest BCUT2D eigenvalue weighted by atomic mass is 10.1. The molecule has 0 aromatic heterocycles. The molecule has 1 aliphatic heterocycles. The van der Waals surface area contributed by atoms with Crippen LogP contribution in [0.1, 0.15) is 39.5 Å². The Bertz CT molecular complexity index is 279. The van der Waals surface area contributed by atoms with Crippen LogP contribution in [0.25, 0.3) is 0 Å².